The number of amides is 3. The van der Waals surface area contributed by atoms with Crippen LogP contribution in [0.4, 0.5) is 4.79 Å². The molecule has 1 aromatic carbocycles. The molecule has 2 aromatic rings. The van der Waals surface area contributed by atoms with E-state index in [-0.39, 0.29) is 5.69 Å². The van der Waals surface area contributed by atoms with Crippen LogP contribution >= 0.6 is 11.6 Å². The van der Waals surface area contributed by atoms with Crippen LogP contribution in [0.25, 0.3) is 5.69 Å². The van der Waals surface area contributed by atoms with Crippen LogP contribution in [0.15, 0.2) is 24.3 Å². The normalized spacial score (nSPS) is 11.6. The summed E-state index contributed by atoms with van der Waals surface area (Å²) < 4.78 is 4.95. The fraction of sp³-hybridized carbons (Fsp3) is 0.214. The molecular weight excluding hydrogens is 338 g/mol. The van der Waals surface area contributed by atoms with Crippen LogP contribution in [0.5, 0.6) is 0 Å². The number of imide groups is 1. The minimum absolute atomic E-state index is 0.0614. The summed E-state index contributed by atoms with van der Waals surface area (Å²) in [5.74, 6) is -1.69. The van der Waals surface area contributed by atoms with Gasteiger partial charge in [0.15, 0.2) is 11.8 Å². The number of carbonyl (C=O) groups is 3. The Morgan fingerprint density at radius 1 is 1.33 bits per heavy atom. The van der Waals surface area contributed by atoms with Crippen LogP contribution in [-0.4, -0.2) is 39.0 Å². The summed E-state index contributed by atoms with van der Waals surface area (Å²) in [6.45, 7) is 2.87. The van der Waals surface area contributed by atoms with E-state index in [1.807, 2.05) is 5.32 Å². The molecule has 3 N–H and O–H groups in total. The Hall–Kier alpha value is -2.94. The molecule has 2 rings (SSSR count). The van der Waals surface area contributed by atoms with Crippen molar-refractivity contribution in [2.75, 3.05) is 0 Å². The fourth-order valence-corrected chi connectivity index (χ4v) is 1.96. The van der Waals surface area contributed by atoms with E-state index in [0.717, 1.165) is 0 Å². The maximum Gasteiger partial charge on any atom is 0.361 e. The number of aromatic nitrogens is 3. The maximum absolute atomic E-state index is 12.1. The first-order chi connectivity index (χ1) is 11.3. The minimum atomic E-state index is -1.22. The Balaban J connectivity index is 2.16. The molecule has 10 heteroatoms. The molecule has 1 aromatic heterocycles. The summed E-state index contributed by atoms with van der Waals surface area (Å²) in [6.07, 6.45) is -1.22. The lowest BCUT2D eigenvalue weighted by Gasteiger charge is -2.10. The molecule has 0 aliphatic heterocycles. The summed E-state index contributed by atoms with van der Waals surface area (Å²) >= 11 is 5.91. The van der Waals surface area contributed by atoms with E-state index in [1.165, 1.54) is 11.7 Å². The van der Waals surface area contributed by atoms with Crippen LogP contribution in [0.2, 0.25) is 5.02 Å². The van der Waals surface area contributed by atoms with E-state index >= 15 is 0 Å². The van der Waals surface area contributed by atoms with Crippen molar-refractivity contribution in [1.29, 1.82) is 0 Å². The second-order valence-electron chi connectivity index (χ2n) is 4.80. The average Bonchev–Trinajstić information content (AvgIpc) is 2.88. The average molecular weight is 352 g/mol. The number of nitrogens with one attached hydrogen (secondary N) is 1. The molecule has 0 aliphatic carbocycles. The third kappa shape index (κ3) is 4.07. The third-order valence-electron chi connectivity index (χ3n) is 2.91. The molecule has 0 radical (unpaired) electrons. The van der Waals surface area contributed by atoms with Gasteiger partial charge in [-0.3, -0.25) is 10.1 Å². The van der Waals surface area contributed by atoms with Crippen molar-refractivity contribution in [3.63, 3.8) is 0 Å². The highest BCUT2D eigenvalue weighted by molar-refractivity contribution is 6.30. The van der Waals surface area contributed by atoms with Gasteiger partial charge >= 0.3 is 12.0 Å². The monoisotopic (exact) mass is 351 g/mol. The zero-order valence-corrected chi connectivity index (χ0v) is 13.6. The number of primary amides is 1. The van der Waals surface area contributed by atoms with Crippen molar-refractivity contribution in [3.05, 3.63) is 40.7 Å². The van der Waals surface area contributed by atoms with Crippen molar-refractivity contribution in [2.24, 2.45) is 5.73 Å². The number of urea groups is 1. The summed E-state index contributed by atoms with van der Waals surface area (Å²) in [5, 5.41) is 10.5. The molecule has 1 heterocycles. The third-order valence-corrected chi connectivity index (χ3v) is 3.15. The molecular formula is C14H14ClN5O4. The van der Waals surface area contributed by atoms with Gasteiger partial charge in [-0.1, -0.05) is 17.7 Å². The zero-order valence-electron chi connectivity index (χ0n) is 12.8. The number of hydrogen-bond donors (Lipinski definition) is 2. The fourth-order valence-electron chi connectivity index (χ4n) is 1.78. The predicted molar refractivity (Wildman–Crippen MR) is 83.7 cm³/mol. The standard InChI is InChI=1S/C14H14ClN5O4/c1-7-11(13(22)24-8(2)12(21)17-14(16)23)19-20(18-7)10-5-3-4-9(15)6-10/h3-6,8H,1-2H3,(H3,16,17,21,23)/t8-/m1/s1. The number of benzene rings is 1. The zero-order chi connectivity index (χ0) is 17.9. The van der Waals surface area contributed by atoms with Crippen LogP contribution < -0.4 is 11.1 Å². The van der Waals surface area contributed by atoms with E-state index in [2.05, 4.69) is 10.2 Å². The lowest BCUT2D eigenvalue weighted by molar-refractivity contribution is -0.127. The van der Waals surface area contributed by atoms with Gasteiger partial charge in [-0.05, 0) is 32.0 Å². The number of carbonyl (C=O) groups excluding carboxylic acids is 3. The van der Waals surface area contributed by atoms with Crippen molar-refractivity contribution in [1.82, 2.24) is 20.3 Å². The number of nitrogens with zero attached hydrogens (tertiary/aromatic N) is 3. The first kappa shape index (κ1) is 17.4. The molecule has 0 bridgehead atoms. The lowest BCUT2D eigenvalue weighted by Crippen LogP contribution is -2.42. The van der Waals surface area contributed by atoms with Crippen molar-refractivity contribution in [3.8, 4) is 5.69 Å². The van der Waals surface area contributed by atoms with Crippen LogP contribution in [0.3, 0.4) is 0 Å². The van der Waals surface area contributed by atoms with Gasteiger partial charge < -0.3 is 10.5 Å². The van der Waals surface area contributed by atoms with Gasteiger partial charge in [0.25, 0.3) is 5.91 Å². The molecule has 0 saturated heterocycles. The Kier molecular flexibility index (Phi) is 5.14. The van der Waals surface area contributed by atoms with Crippen LogP contribution in [0.1, 0.15) is 23.1 Å². The van der Waals surface area contributed by atoms with Crippen molar-refractivity contribution < 1.29 is 19.1 Å². The second-order valence-corrected chi connectivity index (χ2v) is 5.24. The number of esters is 1. The maximum atomic E-state index is 12.1. The molecule has 24 heavy (non-hydrogen) atoms. The largest absolute Gasteiger partial charge is 0.448 e. The number of ether oxygens (including phenoxy) is 1. The van der Waals surface area contributed by atoms with E-state index in [4.69, 9.17) is 22.1 Å². The smallest absolute Gasteiger partial charge is 0.361 e. The minimum Gasteiger partial charge on any atom is -0.448 e. The molecule has 0 spiro atoms. The summed E-state index contributed by atoms with van der Waals surface area (Å²) in [6, 6.07) is 5.70. The van der Waals surface area contributed by atoms with Gasteiger partial charge in [-0.2, -0.15) is 9.90 Å². The van der Waals surface area contributed by atoms with Crippen LogP contribution in [-0.2, 0) is 9.53 Å². The van der Waals surface area contributed by atoms with Gasteiger partial charge in [-0.25, -0.2) is 9.59 Å². The highest BCUT2D eigenvalue weighted by Crippen LogP contribution is 2.15. The quantitative estimate of drug-likeness (QED) is 0.789. The van der Waals surface area contributed by atoms with Crippen LogP contribution in [0, 0.1) is 6.92 Å². The number of rotatable bonds is 4. The molecule has 1 atom stereocenters. The SMILES string of the molecule is Cc1nn(-c2cccc(Cl)c2)nc1C(=O)O[C@H](C)C(=O)NC(N)=O. The van der Waals surface area contributed by atoms with E-state index in [0.29, 0.717) is 16.4 Å². The Morgan fingerprint density at radius 3 is 2.67 bits per heavy atom. The number of aryl methyl sites for hydroxylation is 1. The summed E-state index contributed by atoms with van der Waals surface area (Å²) in [7, 11) is 0. The van der Waals surface area contributed by atoms with Gasteiger partial charge in [0.1, 0.15) is 0 Å². The van der Waals surface area contributed by atoms with Gasteiger partial charge in [-0.15, -0.1) is 5.10 Å². The van der Waals surface area contributed by atoms with E-state index < -0.39 is 24.0 Å². The molecule has 0 unspecified atom stereocenters. The highest BCUT2D eigenvalue weighted by atomic mass is 35.5. The number of halogens is 1. The van der Waals surface area contributed by atoms with Crippen molar-refractivity contribution in [2.45, 2.75) is 20.0 Å². The Morgan fingerprint density at radius 2 is 2.04 bits per heavy atom. The second kappa shape index (κ2) is 7.09. The lowest BCUT2D eigenvalue weighted by atomic mass is 10.3. The van der Waals surface area contributed by atoms with E-state index in [1.54, 1.807) is 31.2 Å². The first-order valence-electron chi connectivity index (χ1n) is 6.79. The van der Waals surface area contributed by atoms with E-state index in [9.17, 15) is 14.4 Å². The molecule has 9 nitrogen and oxygen atoms in total. The molecule has 126 valence electrons. The Labute approximate surface area is 141 Å². The van der Waals surface area contributed by atoms with Gasteiger partial charge in [0.2, 0.25) is 0 Å². The topological polar surface area (TPSA) is 129 Å². The molecule has 0 aliphatic rings. The Bertz CT molecular complexity index is 804. The summed E-state index contributed by atoms with van der Waals surface area (Å²) in [5.41, 5.74) is 5.64. The molecule has 0 saturated carbocycles. The van der Waals surface area contributed by atoms with Gasteiger partial charge in [0, 0.05) is 5.02 Å². The van der Waals surface area contributed by atoms with Crippen molar-refractivity contribution >= 4 is 29.5 Å². The summed E-state index contributed by atoms with van der Waals surface area (Å²) in [4.78, 5) is 35.5. The highest BCUT2D eigenvalue weighted by Gasteiger charge is 2.24. The number of hydrogen-bond acceptors (Lipinski definition) is 6. The first-order valence-corrected chi connectivity index (χ1v) is 7.17. The molecule has 0 fully saturated rings. The number of nitrogens with two attached hydrogens (primary N) is 1. The molecule has 3 amide bonds. The predicted octanol–water partition coefficient (Wildman–Crippen LogP) is 0.969. The van der Waals surface area contributed by atoms with Gasteiger partial charge in [0.05, 0.1) is 11.4 Å².